The number of carbonyl (C=O) groups is 2. The first-order valence-corrected chi connectivity index (χ1v) is 21.1. The van der Waals surface area contributed by atoms with E-state index in [4.69, 9.17) is 33.5 Å². The Kier molecular flexibility index (Phi) is 13.8. The van der Waals surface area contributed by atoms with Crippen LogP contribution in [0.15, 0.2) is 85.1 Å². The molecule has 1 aliphatic carbocycles. The molecule has 60 heavy (non-hydrogen) atoms. The van der Waals surface area contributed by atoms with Gasteiger partial charge in [0.1, 0.15) is 42.0 Å². The largest absolute Gasteiger partial charge is 0.492 e. The molecule has 0 saturated heterocycles. The van der Waals surface area contributed by atoms with Gasteiger partial charge in [-0.3, -0.25) is 4.72 Å². The number of aromatic nitrogens is 1. The van der Waals surface area contributed by atoms with Crippen LogP contribution in [0, 0.1) is 0 Å². The fraction of sp³-hybridized carbons (Fsp3) is 0.326. The lowest BCUT2D eigenvalue weighted by Crippen LogP contribution is -2.22. The molecule has 0 bridgehead atoms. The Balaban J connectivity index is 1.15. The van der Waals surface area contributed by atoms with Crippen molar-refractivity contribution in [2.75, 3.05) is 67.1 Å². The Morgan fingerprint density at radius 2 is 1.52 bits per heavy atom. The summed E-state index contributed by atoms with van der Waals surface area (Å²) < 4.78 is 61.3. The van der Waals surface area contributed by atoms with Crippen LogP contribution in [0.2, 0.25) is 0 Å². The molecule has 5 aromatic rings. The number of ether oxygens (including phenoxy) is 6. The minimum absolute atomic E-state index is 0.163. The molecule has 0 unspecified atom stereocenters. The van der Waals surface area contributed by atoms with Crippen molar-refractivity contribution in [1.82, 2.24) is 4.98 Å². The fourth-order valence-corrected chi connectivity index (χ4v) is 6.54. The zero-order chi connectivity index (χ0) is 42.9. The van der Waals surface area contributed by atoms with E-state index in [2.05, 4.69) is 25.7 Å². The van der Waals surface area contributed by atoms with Crippen LogP contribution in [0.3, 0.4) is 0 Å². The molecular weight excluding hydrogens is 795 g/mol. The normalized spacial score (nSPS) is 12.7. The summed E-state index contributed by atoms with van der Waals surface area (Å²) in [5.74, 6) is 1.89. The second-order valence-corrected chi connectivity index (χ2v) is 16.7. The van der Waals surface area contributed by atoms with Crippen molar-refractivity contribution >= 4 is 61.4 Å². The number of hydrogen-bond acceptors (Lipinski definition) is 12. The van der Waals surface area contributed by atoms with Gasteiger partial charge in [0.25, 0.3) is 0 Å². The number of urea groups is 1. The lowest BCUT2D eigenvalue weighted by atomic mass is 9.86. The molecular formula is C43H49N5O11S. The molecule has 16 nitrogen and oxygen atoms in total. The monoisotopic (exact) mass is 843 g/mol. The van der Waals surface area contributed by atoms with E-state index < -0.39 is 22.0 Å². The predicted molar refractivity (Wildman–Crippen MR) is 229 cm³/mol. The smallest absolute Gasteiger partial charge is 0.329 e. The first-order chi connectivity index (χ1) is 28.6. The second kappa shape index (κ2) is 19.2. The van der Waals surface area contributed by atoms with E-state index in [-0.39, 0.29) is 61.7 Å². The number of rotatable bonds is 20. The van der Waals surface area contributed by atoms with Crippen molar-refractivity contribution in [3.8, 4) is 28.7 Å². The third kappa shape index (κ3) is 12.6. The standard InChI is InChI=1S/C43H49N5O11S/c1-43(2,3)27-20-36(41(54-4)37(21-27)48-60(5,52)53)47-42(51)46-35-12-13-38(34-9-7-6-8-33(34)35)59-30-14-15-44-39(25-30)45-28-22-31(24-32(23-28)58-29-10-11-29)57-19-18-55-16-17-56-26-40(49)50/h6-9,12-15,20-25,29,48H,10-11,16-19,26H2,1-5H3,(H,44,45)(H,49,50)(H2,46,47,51). The number of sulfonamides is 1. The van der Waals surface area contributed by atoms with Crippen LogP contribution in [-0.2, 0) is 29.7 Å². The minimum atomic E-state index is -3.65. The average Bonchev–Trinajstić information content (AvgIpc) is 4.00. The summed E-state index contributed by atoms with van der Waals surface area (Å²) in [6, 6.07) is 22.9. The molecule has 1 saturated carbocycles. The summed E-state index contributed by atoms with van der Waals surface area (Å²) in [6.45, 7) is 6.51. The predicted octanol–water partition coefficient (Wildman–Crippen LogP) is 8.13. The molecule has 6 rings (SSSR count). The number of carboxylic acids is 1. The van der Waals surface area contributed by atoms with Gasteiger partial charge >= 0.3 is 12.0 Å². The van der Waals surface area contributed by atoms with Crippen LogP contribution in [0.1, 0.15) is 39.2 Å². The van der Waals surface area contributed by atoms with E-state index in [1.54, 1.807) is 42.6 Å². The first-order valence-electron chi connectivity index (χ1n) is 19.2. The van der Waals surface area contributed by atoms with Gasteiger partial charge < -0.3 is 49.5 Å². The van der Waals surface area contributed by atoms with Gasteiger partial charge in [-0.25, -0.2) is 23.0 Å². The van der Waals surface area contributed by atoms with Gasteiger partial charge in [-0.05, 0) is 54.2 Å². The lowest BCUT2D eigenvalue weighted by Gasteiger charge is -2.24. The molecule has 17 heteroatoms. The summed E-state index contributed by atoms with van der Waals surface area (Å²) in [4.78, 5) is 28.6. The summed E-state index contributed by atoms with van der Waals surface area (Å²) in [5.41, 5.74) is 2.09. The topological polar surface area (TPSA) is 205 Å². The van der Waals surface area contributed by atoms with E-state index in [1.807, 2.05) is 63.2 Å². The second-order valence-electron chi connectivity index (χ2n) is 15.0. The van der Waals surface area contributed by atoms with Crippen molar-refractivity contribution in [1.29, 1.82) is 0 Å². The number of pyridine rings is 1. The molecule has 1 heterocycles. The highest BCUT2D eigenvalue weighted by Crippen LogP contribution is 2.40. The van der Waals surface area contributed by atoms with Crippen molar-refractivity contribution in [2.24, 2.45) is 0 Å². The van der Waals surface area contributed by atoms with Crippen LogP contribution < -0.4 is 39.6 Å². The zero-order valence-corrected chi connectivity index (χ0v) is 34.8. The van der Waals surface area contributed by atoms with Crippen molar-refractivity contribution in [3.63, 3.8) is 0 Å². The third-order valence-corrected chi connectivity index (χ3v) is 9.46. The number of hydrogen-bond donors (Lipinski definition) is 5. The molecule has 0 aliphatic heterocycles. The van der Waals surface area contributed by atoms with Crippen LogP contribution in [0.5, 0.6) is 28.7 Å². The summed E-state index contributed by atoms with van der Waals surface area (Å²) >= 11 is 0. The number of fused-ring (bicyclic) bond motifs is 1. The van der Waals surface area contributed by atoms with Crippen LogP contribution in [0.4, 0.5) is 33.4 Å². The highest BCUT2D eigenvalue weighted by atomic mass is 32.2. The van der Waals surface area contributed by atoms with E-state index in [1.165, 1.54) is 7.11 Å². The van der Waals surface area contributed by atoms with Gasteiger partial charge in [-0.2, -0.15) is 0 Å². The van der Waals surface area contributed by atoms with Gasteiger partial charge in [-0.1, -0.05) is 45.0 Å². The maximum Gasteiger partial charge on any atom is 0.329 e. The van der Waals surface area contributed by atoms with Crippen LogP contribution in [-0.4, -0.2) is 83.0 Å². The number of carboxylic acid groups (broad SMARTS) is 1. The Labute approximate surface area is 348 Å². The van der Waals surface area contributed by atoms with Crippen molar-refractivity contribution in [2.45, 2.75) is 45.1 Å². The number of aliphatic carboxylic acids is 1. The number of benzene rings is 4. The first kappa shape index (κ1) is 43.3. The van der Waals surface area contributed by atoms with Crippen LogP contribution in [0.25, 0.3) is 10.8 Å². The fourth-order valence-electron chi connectivity index (χ4n) is 5.98. The molecule has 318 valence electrons. The maximum absolute atomic E-state index is 13.5. The summed E-state index contributed by atoms with van der Waals surface area (Å²) in [5, 5.41) is 19.2. The van der Waals surface area contributed by atoms with Gasteiger partial charge in [-0.15, -0.1) is 0 Å². The van der Waals surface area contributed by atoms with E-state index in [0.717, 1.165) is 30.0 Å². The Morgan fingerprint density at radius 1 is 0.817 bits per heavy atom. The van der Waals surface area contributed by atoms with E-state index in [9.17, 15) is 18.0 Å². The Morgan fingerprint density at radius 3 is 2.23 bits per heavy atom. The number of nitrogens with zero attached hydrogens (tertiary/aromatic N) is 1. The quantitative estimate of drug-likeness (QED) is 0.0470. The SMILES string of the molecule is COc1c(NC(=O)Nc2ccc(Oc3ccnc(Nc4cc(OCCOCCOCC(=O)O)cc(OC5CC5)c4)c3)c3ccccc23)cc(C(C)(C)C)cc1NS(C)(=O)=O. The van der Waals surface area contributed by atoms with Crippen molar-refractivity contribution < 1.29 is 51.5 Å². The third-order valence-electron chi connectivity index (χ3n) is 8.87. The molecule has 1 fully saturated rings. The molecule has 5 N–H and O–H groups in total. The van der Waals surface area contributed by atoms with E-state index >= 15 is 0 Å². The Bertz CT molecular complexity index is 2440. The molecule has 2 amide bonds. The highest BCUT2D eigenvalue weighted by Gasteiger charge is 2.25. The molecule has 4 aromatic carbocycles. The number of methoxy groups -OCH3 is 1. The van der Waals surface area contributed by atoms with Gasteiger partial charge in [0, 0.05) is 46.9 Å². The molecule has 0 radical (unpaired) electrons. The van der Waals surface area contributed by atoms with Gasteiger partial charge in [0.2, 0.25) is 10.0 Å². The number of carbonyl (C=O) groups excluding carboxylic acids is 1. The zero-order valence-electron chi connectivity index (χ0n) is 34.0. The summed E-state index contributed by atoms with van der Waals surface area (Å²) in [7, 11) is -2.25. The lowest BCUT2D eigenvalue weighted by molar-refractivity contribution is -0.142. The number of amides is 2. The Hall–Kier alpha value is -6.30. The molecule has 1 aromatic heterocycles. The van der Waals surface area contributed by atoms with Crippen molar-refractivity contribution in [3.05, 3.63) is 90.6 Å². The highest BCUT2D eigenvalue weighted by molar-refractivity contribution is 7.92. The van der Waals surface area contributed by atoms with Crippen LogP contribution >= 0.6 is 0 Å². The van der Waals surface area contributed by atoms with Gasteiger partial charge in [0.15, 0.2) is 5.75 Å². The van der Waals surface area contributed by atoms with Gasteiger partial charge in [0.05, 0.1) is 56.4 Å². The average molecular weight is 844 g/mol. The molecule has 1 aliphatic rings. The van der Waals surface area contributed by atoms with E-state index in [0.29, 0.717) is 45.6 Å². The minimum Gasteiger partial charge on any atom is -0.492 e. The molecule has 0 atom stereocenters. The molecule has 0 spiro atoms. The maximum atomic E-state index is 13.5. The number of nitrogens with one attached hydrogen (secondary N) is 4. The number of anilines is 5. The summed E-state index contributed by atoms with van der Waals surface area (Å²) in [6.07, 6.45) is 4.81.